The van der Waals surface area contributed by atoms with Gasteiger partial charge in [0.2, 0.25) is 11.8 Å². The van der Waals surface area contributed by atoms with Crippen LogP contribution < -0.4 is 5.73 Å². The average Bonchev–Trinajstić information content (AvgIpc) is 2.88. The van der Waals surface area contributed by atoms with Crippen LogP contribution in [0.5, 0.6) is 0 Å². The molecule has 1 aliphatic heterocycles. The normalized spacial score (nSPS) is 21.1. The molecule has 1 unspecified atom stereocenters. The maximum atomic E-state index is 13.7. The van der Waals surface area contributed by atoms with E-state index in [0.29, 0.717) is 19.4 Å². The number of primary amides is 1. The number of nitrogens with two attached hydrogens (primary N) is 1. The number of benzene rings is 1. The first-order valence-electron chi connectivity index (χ1n) is 6.94. The molecule has 1 heterocycles. The molecule has 120 valence electrons. The third-order valence-corrected chi connectivity index (χ3v) is 3.98. The lowest BCUT2D eigenvalue weighted by atomic mass is 9.95. The zero-order chi connectivity index (χ0) is 16.3. The van der Waals surface area contributed by atoms with E-state index in [-0.39, 0.29) is 18.6 Å². The molecule has 1 fully saturated rings. The smallest absolute Gasteiger partial charge is 0.245 e. The van der Waals surface area contributed by atoms with Gasteiger partial charge in [0.1, 0.15) is 17.2 Å². The Morgan fingerprint density at radius 2 is 2.14 bits per heavy atom. The third kappa shape index (κ3) is 2.94. The lowest BCUT2D eigenvalue weighted by molar-refractivity contribution is -0.146. The van der Waals surface area contributed by atoms with Crippen LogP contribution in [0.2, 0.25) is 0 Å². The van der Waals surface area contributed by atoms with Gasteiger partial charge in [-0.1, -0.05) is 0 Å². The number of nitrogens with zero attached hydrogens (tertiary/aromatic N) is 1. The summed E-state index contributed by atoms with van der Waals surface area (Å²) in [5, 5.41) is 0. The number of likely N-dealkylation sites (tertiary alicyclic amines) is 1. The Bertz CT molecular complexity index is 594. The van der Waals surface area contributed by atoms with Gasteiger partial charge in [0.15, 0.2) is 0 Å². The van der Waals surface area contributed by atoms with E-state index in [2.05, 4.69) is 0 Å². The summed E-state index contributed by atoms with van der Waals surface area (Å²) < 4.78 is 31.9. The van der Waals surface area contributed by atoms with Gasteiger partial charge >= 0.3 is 0 Å². The third-order valence-electron chi connectivity index (χ3n) is 3.98. The standard InChI is InChI=1S/C15H18F2N2O3/c1-22-9-15(14(18)21)5-2-6-19(15)13(20)8-10-7-11(16)3-4-12(10)17/h3-4,7H,2,5-6,8-9H2,1H3,(H2,18,21). The summed E-state index contributed by atoms with van der Waals surface area (Å²) >= 11 is 0. The van der Waals surface area contributed by atoms with Gasteiger partial charge in [-0.05, 0) is 31.0 Å². The van der Waals surface area contributed by atoms with E-state index < -0.39 is 29.0 Å². The van der Waals surface area contributed by atoms with E-state index in [4.69, 9.17) is 10.5 Å². The van der Waals surface area contributed by atoms with Crippen LogP contribution in [-0.2, 0) is 20.7 Å². The second kappa shape index (κ2) is 6.39. The van der Waals surface area contributed by atoms with Gasteiger partial charge in [-0.25, -0.2) is 8.78 Å². The number of methoxy groups -OCH3 is 1. The van der Waals surface area contributed by atoms with Crippen molar-refractivity contribution in [2.24, 2.45) is 5.73 Å². The lowest BCUT2D eigenvalue weighted by Gasteiger charge is -2.35. The summed E-state index contributed by atoms with van der Waals surface area (Å²) in [6, 6.07) is 2.93. The molecular weight excluding hydrogens is 294 g/mol. The van der Waals surface area contributed by atoms with Crippen LogP contribution in [0.25, 0.3) is 0 Å². The zero-order valence-corrected chi connectivity index (χ0v) is 12.3. The molecule has 2 N–H and O–H groups in total. The van der Waals surface area contributed by atoms with Gasteiger partial charge in [0, 0.05) is 19.2 Å². The first-order chi connectivity index (χ1) is 10.4. The predicted molar refractivity (Wildman–Crippen MR) is 74.8 cm³/mol. The van der Waals surface area contributed by atoms with E-state index in [1.54, 1.807) is 0 Å². The number of rotatable bonds is 5. The minimum atomic E-state index is -1.21. The largest absolute Gasteiger partial charge is 0.382 e. The van der Waals surface area contributed by atoms with Crippen molar-refractivity contribution in [1.82, 2.24) is 4.90 Å². The number of hydrogen-bond acceptors (Lipinski definition) is 3. The van der Waals surface area contributed by atoms with Crippen molar-refractivity contribution in [3.8, 4) is 0 Å². The fourth-order valence-corrected chi connectivity index (χ4v) is 2.90. The maximum absolute atomic E-state index is 13.7. The van der Waals surface area contributed by atoms with E-state index in [9.17, 15) is 18.4 Å². The van der Waals surface area contributed by atoms with Crippen molar-refractivity contribution in [1.29, 1.82) is 0 Å². The van der Waals surface area contributed by atoms with E-state index in [0.717, 1.165) is 18.2 Å². The molecule has 0 saturated carbocycles. The minimum Gasteiger partial charge on any atom is -0.382 e. The van der Waals surface area contributed by atoms with E-state index >= 15 is 0 Å². The molecule has 2 amide bonds. The van der Waals surface area contributed by atoms with Gasteiger partial charge in [-0.3, -0.25) is 9.59 Å². The van der Waals surface area contributed by atoms with Crippen molar-refractivity contribution in [2.75, 3.05) is 20.3 Å². The van der Waals surface area contributed by atoms with Crippen LogP contribution in [0.1, 0.15) is 18.4 Å². The van der Waals surface area contributed by atoms with Crippen LogP contribution in [-0.4, -0.2) is 42.5 Å². The number of carbonyl (C=O) groups excluding carboxylic acids is 2. The Hall–Kier alpha value is -2.02. The van der Waals surface area contributed by atoms with Gasteiger partial charge in [0.05, 0.1) is 13.0 Å². The number of carbonyl (C=O) groups is 2. The molecule has 1 aromatic carbocycles. The number of ether oxygens (including phenoxy) is 1. The van der Waals surface area contributed by atoms with Crippen LogP contribution in [0.3, 0.4) is 0 Å². The Kier molecular flexibility index (Phi) is 4.75. The Morgan fingerprint density at radius 1 is 1.41 bits per heavy atom. The summed E-state index contributed by atoms with van der Waals surface area (Å²) in [5.74, 6) is -2.41. The van der Waals surface area contributed by atoms with Crippen LogP contribution in [0.15, 0.2) is 18.2 Å². The topological polar surface area (TPSA) is 72.6 Å². The molecule has 7 heteroatoms. The van der Waals surface area contributed by atoms with Crippen molar-refractivity contribution >= 4 is 11.8 Å². The molecular formula is C15H18F2N2O3. The average molecular weight is 312 g/mol. The highest BCUT2D eigenvalue weighted by Crippen LogP contribution is 2.30. The zero-order valence-electron chi connectivity index (χ0n) is 12.3. The van der Waals surface area contributed by atoms with Gasteiger partial charge in [0.25, 0.3) is 0 Å². The molecule has 1 saturated heterocycles. The highest BCUT2D eigenvalue weighted by atomic mass is 19.1. The predicted octanol–water partition coefficient (Wildman–Crippen LogP) is 1.00. The fourth-order valence-electron chi connectivity index (χ4n) is 2.90. The fraction of sp³-hybridized carbons (Fsp3) is 0.467. The minimum absolute atomic E-state index is 0.0142. The SMILES string of the molecule is COCC1(C(N)=O)CCCN1C(=O)Cc1cc(F)ccc1F. The van der Waals surface area contributed by atoms with Crippen molar-refractivity contribution in [3.05, 3.63) is 35.4 Å². The quantitative estimate of drug-likeness (QED) is 0.881. The molecule has 0 spiro atoms. The van der Waals surface area contributed by atoms with Gasteiger partial charge < -0.3 is 15.4 Å². The molecule has 0 radical (unpaired) electrons. The van der Waals surface area contributed by atoms with Crippen molar-refractivity contribution in [2.45, 2.75) is 24.8 Å². The summed E-state index contributed by atoms with van der Waals surface area (Å²) in [4.78, 5) is 25.6. The van der Waals surface area contributed by atoms with E-state index in [1.807, 2.05) is 0 Å². The van der Waals surface area contributed by atoms with Gasteiger partial charge in [-0.2, -0.15) is 0 Å². The monoisotopic (exact) mass is 312 g/mol. The van der Waals surface area contributed by atoms with Crippen LogP contribution in [0, 0.1) is 11.6 Å². The molecule has 0 bridgehead atoms. The Balaban J connectivity index is 2.24. The molecule has 5 nitrogen and oxygen atoms in total. The van der Waals surface area contributed by atoms with Gasteiger partial charge in [-0.15, -0.1) is 0 Å². The summed E-state index contributed by atoms with van der Waals surface area (Å²) in [6.07, 6.45) is 0.666. The molecule has 2 rings (SSSR count). The van der Waals surface area contributed by atoms with Crippen molar-refractivity contribution in [3.63, 3.8) is 0 Å². The number of halogens is 2. The molecule has 1 atom stereocenters. The first kappa shape index (κ1) is 16.4. The molecule has 0 aromatic heterocycles. The lowest BCUT2D eigenvalue weighted by Crippen LogP contribution is -2.59. The van der Waals surface area contributed by atoms with Crippen molar-refractivity contribution < 1.29 is 23.1 Å². The van der Waals surface area contributed by atoms with Crippen LogP contribution in [0.4, 0.5) is 8.78 Å². The first-order valence-corrected chi connectivity index (χ1v) is 6.94. The highest BCUT2D eigenvalue weighted by Gasteiger charge is 2.48. The Morgan fingerprint density at radius 3 is 2.77 bits per heavy atom. The summed E-state index contributed by atoms with van der Waals surface area (Å²) in [6.45, 7) is 0.321. The summed E-state index contributed by atoms with van der Waals surface area (Å²) in [7, 11) is 1.41. The summed E-state index contributed by atoms with van der Waals surface area (Å²) in [5.41, 5.74) is 4.19. The second-order valence-corrected chi connectivity index (χ2v) is 5.39. The second-order valence-electron chi connectivity index (χ2n) is 5.39. The van der Waals surface area contributed by atoms with E-state index in [1.165, 1.54) is 12.0 Å². The maximum Gasteiger partial charge on any atom is 0.245 e. The molecule has 1 aliphatic rings. The molecule has 0 aliphatic carbocycles. The Labute approximate surface area is 127 Å². The van der Waals surface area contributed by atoms with Crippen LogP contribution >= 0.6 is 0 Å². The molecule has 1 aromatic rings. The number of hydrogen-bond donors (Lipinski definition) is 1. The number of amides is 2. The highest BCUT2D eigenvalue weighted by molar-refractivity contribution is 5.92. The molecule has 22 heavy (non-hydrogen) atoms.